The number of hydrogen-bond donors (Lipinski definition) is 1. The van der Waals surface area contributed by atoms with Crippen LogP contribution in [0.4, 0.5) is 4.39 Å². The lowest BCUT2D eigenvalue weighted by molar-refractivity contribution is -0.0880. The number of aliphatic hydroxyl groups is 1. The minimum atomic E-state index is -0.707. The third kappa shape index (κ3) is 2.81. The number of benzene rings is 1. The van der Waals surface area contributed by atoms with Crippen molar-refractivity contribution in [2.24, 2.45) is 5.92 Å². The van der Waals surface area contributed by atoms with Crippen LogP contribution in [0, 0.1) is 11.7 Å². The molecule has 1 heterocycles. The first-order chi connectivity index (χ1) is 9.16. The quantitative estimate of drug-likeness (QED) is 0.922. The Bertz CT molecular complexity index is 496. The predicted molar refractivity (Wildman–Crippen MR) is 75.3 cm³/mol. The van der Waals surface area contributed by atoms with E-state index in [2.05, 4.69) is 0 Å². The van der Waals surface area contributed by atoms with Gasteiger partial charge in [0.15, 0.2) is 11.6 Å². The van der Waals surface area contributed by atoms with Crippen molar-refractivity contribution < 1.29 is 19.0 Å². The number of halogens is 1. The van der Waals surface area contributed by atoms with Gasteiger partial charge in [0.2, 0.25) is 0 Å². The molecule has 1 fully saturated rings. The third-order valence-corrected chi connectivity index (χ3v) is 4.04. The van der Waals surface area contributed by atoms with Crippen LogP contribution in [0.2, 0.25) is 0 Å². The van der Waals surface area contributed by atoms with E-state index in [1.165, 1.54) is 13.2 Å². The summed E-state index contributed by atoms with van der Waals surface area (Å²) in [7, 11) is 1.42. The van der Waals surface area contributed by atoms with Crippen LogP contribution >= 0.6 is 0 Å². The van der Waals surface area contributed by atoms with E-state index in [-0.39, 0.29) is 17.3 Å². The number of hydrogen-bond acceptors (Lipinski definition) is 3. The number of methoxy groups -OCH3 is 1. The summed E-state index contributed by atoms with van der Waals surface area (Å²) in [5, 5.41) is 10.6. The van der Waals surface area contributed by atoms with Crippen molar-refractivity contribution >= 4 is 0 Å². The first-order valence-corrected chi connectivity index (χ1v) is 6.88. The van der Waals surface area contributed by atoms with Gasteiger partial charge in [-0.15, -0.1) is 0 Å². The normalized spacial score (nSPS) is 25.4. The molecule has 112 valence electrons. The zero-order valence-electron chi connectivity index (χ0n) is 12.7. The zero-order valence-corrected chi connectivity index (χ0v) is 12.7. The summed E-state index contributed by atoms with van der Waals surface area (Å²) in [6.07, 6.45) is 0.0437. The SMILES string of the molecule is COc1cc(C(O)C2CC(C)(C)OC2(C)C)ccc1F. The van der Waals surface area contributed by atoms with Crippen LogP contribution in [-0.2, 0) is 4.74 Å². The van der Waals surface area contributed by atoms with E-state index in [0.29, 0.717) is 5.56 Å². The summed E-state index contributed by atoms with van der Waals surface area (Å²) in [4.78, 5) is 0. The smallest absolute Gasteiger partial charge is 0.165 e. The van der Waals surface area contributed by atoms with Gasteiger partial charge in [-0.25, -0.2) is 4.39 Å². The van der Waals surface area contributed by atoms with Crippen LogP contribution in [0.1, 0.15) is 45.8 Å². The van der Waals surface area contributed by atoms with Crippen molar-refractivity contribution in [3.8, 4) is 5.75 Å². The van der Waals surface area contributed by atoms with Crippen molar-refractivity contribution in [2.45, 2.75) is 51.4 Å². The van der Waals surface area contributed by atoms with Crippen LogP contribution in [-0.4, -0.2) is 23.4 Å². The molecule has 20 heavy (non-hydrogen) atoms. The van der Waals surface area contributed by atoms with Crippen molar-refractivity contribution in [3.63, 3.8) is 0 Å². The molecule has 0 bridgehead atoms. The molecule has 1 aromatic carbocycles. The highest BCUT2D eigenvalue weighted by atomic mass is 19.1. The molecule has 1 saturated heterocycles. The molecule has 2 atom stereocenters. The van der Waals surface area contributed by atoms with E-state index in [1.54, 1.807) is 12.1 Å². The van der Waals surface area contributed by atoms with Gasteiger partial charge in [0, 0.05) is 5.92 Å². The second kappa shape index (κ2) is 5.01. The Morgan fingerprint density at radius 1 is 1.35 bits per heavy atom. The molecule has 1 aliphatic heterocycles. The molecule has 0 saturated carbocycles. The molecule has 4 heteroatoms. The lowest BCUT2D eigenvalue weighted by Crippen LogP contribution is -2.32. The molecule has 2 unspecified atom stereocenters. The Morgan fingerprint density at radius 2 is 2.00 bits per heavy atom. The maximum Gasteiger partial charge on any atom is 0.165 e. The maximum atomic E-state index is 13.5. The Labute approximate surface area is 119 Å². The predicted octanol–water partition coefficient (Wildman–Crippen LogP) is 3.46. The molecule has 3 nitrogen and oxygen atoms in total. The Hall–Kier alpha value is -1.13. The zero-order chi connectivity index (χ0) is 15.1. The molecule has 0 spiro atoms. The van der Waals surface area contributed by atoms with Gasteiger partial charge in [-0.3, -0.25) is 0 Å². The first-order valence-electron chi connectivity index (χ1n) is 6.88. The van der Waals surface area contributed by atoms with Gasteiger partial charge in [0.05, 0.1) is 24.4 Å². The van der Waals surface area contributed by atoms with Crippen molar-refractivity contribution in [1.82, 2.24) is 0 Å². The van der Waals surface area contributed by atoms with E-state index in [9.17, 15) is 9.50 Å². The highest BCUT2D eigenvalue weighted by Gasteiger charge is 2.49. The van der Waals surface area contributed by atoms with E-state index in [4.69, 9.17) is 9.47 Å². The molecular weight excluding hydrogens is 259 g/mol. The average molecular weight is 282 g/mol. The molecule has 0 radical (unpaired) electrons. The van der Waals surface area contributed by atoms with Gasteiger partial charge in [-0.1, -0.05) is 6.07 Å². The minimum absolute atomic E-state index is 0.0485. The Balaban J connectivity index is 2.29. The van der Waals surface area contributed by atoms with Gasteiger partial charge in [0.25, 0.3) is 0 Å². The molecule has 0 amide bonds. The van der Waals surface area contributed by atoms with Crippen LogP contribution in [0.3, 0.4) is 0 Å². The Morgan fingerprint density at radius 3 is 2.50 bits per heavy atom. The molecule has 1 aromatic rings. The summed E-state index contributed by atoms with van der Waals surface area (Å²) in [5.41, 5.74) is -0.0355. The van der Waals surface area contributed by atoms with Gasteiger partial charge in [0.1, 0.15) is 0 Å². The number of aliphatic hydroxyl groups excluding tert-OH is 1. The molecule has 2 rings (SSSR count). The highest BCUT2D eigenvalue weighted by Crippen LogP contribution is 2.47. The fraction of sp³-hybridized carbons (Fsp3) is 0.625. The third-order valence-electron chi connectivity index (χ3n) is 4.04. The highest BCUT2D eigenvalue weighted by molar-refractivity contribution is 5.32. The van der Waals surface area contributed by atoms with Crippen LogP contribution in [0.25, 0.3) is 0 Å². The lowest BCUT2D eigenvalue weighted by atomic mass is 9.80. The summed E-state index contributed by atoms with van der Waals surface area (Å²) in [6, 6.07) is 4.48. The van der Waals surface area contributed by atoms with Crippen molar-refractivity contribution in [3.05, 3.63) is 29.6 Å². The Kier molecular flexibility index (Phi) is 3.82. The molecular formula is C16H23FO3. The maximum absolute atomic E-state index is 13.5. The minimum Gasteiger partial charge on any atom is -0.494 e. The fourth-order valence-corrected chi connectivity index (χ4v) is 3.19. The molecule has 1 N–H and O–H groups in total. The van der Waals surface area contributed by atoms with E-state index < -0.39 is 17.5 Å². The van der Waals surface area contributed by atoms with Crippen LogP contribution < -0.4 is 4.74 Å². The summed E-state index contributed by atoms with van der Waals surface area (Å²) < 4.78 is 24.4. The second-order valence-electron chi connectivity index (χ2n) is 6.61. The lowest BCUT2D eigenvalue weighted by Gasteiger charge is -2.30. The average Bonchev–Trinajstić information content (AvgIpc) is 2.57. The van der Waals surface area contributed by atoms with Crippen LogP contribution in [0.5, 0.6) is 5.75 Å². The van der Waals surface area contributed by atoms with E-state index in [1.807, 2.05) is 27.7 Å². The van der Waals surface area contributed by atoms with Crippen LogP contribution in [0.15, 0.2) is 18.2 Å². The molecule has 0 aromatic heterocycles. The van der Waals surface area contributed by atoms with E-state index >= 15 is 0 Å². The van der Waals surface area contributed by atoms with Crippen molar-refractivity contribution in [1.29, 1.82) is 0 Å². The van der Waals surface area contributed by atoms with Gasteiger partial charge >= 0.3 is 0 Å². The summed E-state index contributed by atoms with van der Waals surface area (Å²) in [5.74, 6) is -0.323. The standard InChI is InChI=1S/C16H23FO3/c1-15(2)9-11(16(3,4)20-15)14(18)10-6-7-12(17)13(8-10)19-5/h6-8,11,14,18H,9H2,1-5H3. The number of ether oxygens (including phenoxy) is 2. The fourth-order valence-electron chi connectivity index (χ4n) is 3.19. The monoisotopic (exact) mass is 282 g/mol. The molecule has 0 aliphatic carbocycles. The van der Waals surface area contributed by atoms with E-state index in [0.717, 1.165) is 6.42 Å². The second-order valence-corrected chi connectivity index (χ2v) is 6.61. The first kappa shape index (κ1) is 15.3. The summed E-state index contributed by atoms with van der Waals surface area (Å²) >= 11 is 0. The molecule has 1 aliphatic rings. The van der Waals surface area contributed by atoms with Gasteiger partial charge < -0.3 is 14.6 Å². The van der Waals surface area contributed by atoms with Crippen molar-refractivity contribution in [2.75, 3.05) is 7.11 Å². The largest absolute Gasteiger partial charge is 0.494 e. The van der Waals surface area contributed by atoms with Gasteiger partial charge in [-0.2, -0.15) is 0 Å². The van der Waals surface area contributed by atoms with Gasteiger partial charge in [-0.05, 0) is 51.8 Å². The number of rotatable bonds is 3. The summed E-state index contributed by atoms with van der Waals surface area (Å²) in [6.45, 7) is 8.01. The topological polar surface area (TPSA) is 38.7 Å².